The first-order valence-corrected chi connectivity index (χ1v) is 11.0. The third-order valence-corrected chi connectivity index (χ3v) is 6.34. The molecule has 2 aromatic heterocycles. The number of nitrogens with zero attached hydrogens (tertiary/aromatic N) is 2. The molecule has 0 fully saturated rings. The molecule has 0 saturated heterocycles. The number of carboxylic acid groups (broad SMARTS) is 1. The third-order valence-electron chi connectivity index (χ3n) is 5.21. The first kappa shape index (κ1) is 20.8. The topological polar surface area (TPSA) is 74.6 Å². The van der Waals surface area contributed by atoms with Gasteiger partial charge in [0.1, 0.15) is 10.3 Å². The molecule has 0 spiro atoms. The van der Waals surface area contributed by atoms with Crippen LogP contribution in [0.5, 0.6) is 0 Å². The molecule has 7 heteroatoms. The van der Waals surface area contributed by atoms with Gasteiger partial charge in [0.05, 0.1) is 5.56 Å². The molecule has 1 N–H and O–H groups in total. The summed E-state index contributed by atoms with van der Waals surface area (Å²) >= 11 is 1.48. The van der Waals surface area contributed by atoms with Gasteiger partial charge in [-0.3, -0.25) is 0 Å². The van der Waals surface area contributed by atoms with E-state index in [0.29, 0.717) is 11.1 Å². The minimum Gasteiger partial charge on any atom is -0.477 e. The van der Waals surface area contributed by atoms with Crippen molar-refractivity contribution in [1.82, 2.24) is 0 Å². The van der Waals surface area contributed by atoms with E-state index in [1.165, 1.54) is 11.3 Å². The molecule has 0 atom stereocenters. The number of anilines is 1. The van der Waals surface area contributed by atoms with Gasteiger partial charge in [0.15, 0.2) is 0 Å². The summed E-state index contributed by atoms with van der Waals surface area (Å²) in [7, 11) is 0. The number of carbonyl (C=O) groups is 1. The lowest BCUT2D eigenvalue weighted by molar-refractivity contribution is -0.657. The van der Waals surface area contributed by atoms with E-state index < -0.39 is 11.6 Å². The van der Waals surface area contributed by atoms with Gasteiger partial charge in [-0.1, -0.05) is 23.5 Å². The molecule has 2 heterocycles. The zero-order valence-corrected chi connectivity index (χ0v) is 18.2. The second-order valence-electron chi connectivity index (χ2n) is 7.10. The lowest BCUT2D eigenvalue weighted by atomic mass is 10.1. The Morgan fingerprint density at radius 1 is 1.13 bits per heavy atom. The van der Waals surface area contributed by atoms with Crippen LogP contribution in [0.1, 0.15) is 24.4 Å². The van der Waals surface area contributed by atoms with Gasteiger partial charge in [0, 0.05) is 42.4 Å². The second-order valence-corrected chi connectivity index (χ2v) is 8.17. The van der Waals surface area contributed by atoms with Crippen molar-refractivity contribution < 1.29 is 18.9 Å². The van der Waals surface area contributed by atoms with Gasteiger partial charge in [0.2, 0.25) is 12.1 Å². The molecular formula is C24H23N2O4S+. The Morgan fingerprint density at radius 3 is 2.65 bits per heavy atom. The van der Waals surface area contributed by atoms with Crippen LogP contribution in [0.25, 0.3) is 33.3 Å². The van der Waals surface area contributed by atoms with Gasteiger partial charge in [-0.15, -0.1) is 0 Å². The maximum atomic E-state index is 12.6. The highest BCUT2D eigenvalue weighted by molar-refractivity contribution is 7.18. The van der Waals surface area contributed by atoms with Crippen molar-refractivity contribution >= 4 is 56.3 Å². The Bertz CT molecular complexity index is 1350. The summed E-state index contributed by atoms with van der Waals surface area (Å²) in [5.41, 5.74) is 2.41. The van der Waals surface area contributed by atoms with Crippen molar-refractivity contribution in [2.75, 3.05) is 18.0 Å². The SMILES string of the molecule is CCN(CC)c1ccc2cc(C=Cc3sc4ccccc4[n+]3CC(=O)O)c(=O)oc2c1. The van der Waals surface area contributed by atoms with Crippen molar-refractivity contribution in [3.8, 4) is 0 Å². The van der Waals surface area contributed by atoms with Gasteiger partial charge in [-0.05, 0) is 44.2 Å². The number of hydrogen-bond acceptors (Lipinski definition) is 5. The van der Waals surface area contributed by atoms with E-state index in [-0.39, 0.29) is 6.54 Å². The molecule has 158 valence electrons. The molecule has 31 heavy (non-hydrogen) atoms. The van der Waals surface area contributed by atoms with Gasteiger partial charge in [0.25, 0.3) is 5.01 Å². The quantitative estimate of drug-likeness (QED) is 0.344. The molecule has 0 amide bonds. The Balaban J connectivity index is 1.73. The van der Waals surface area contributed by atoms with E-state index in [0.717, 1.165) is 39.4 Å². The highest BCUT2D eigenvalue weighted by Crippen LogP contribution is 2.24. The number of fused-ring (bicyclic) bond motifs is 2. The van der Waals surface area contributed by atoms with Gasteiger partial charge < -0.3 is 14.4 Å². The molecule has 0 unspecified atom stereocenters. The average Bonchev–Trinajstić information content (AvgIpc) is 3.10. The minimum absolute atomic E-state index is 0.149. The molecule has 4 rings (SSSR count). The molecule has 0 aliphatic heterocycles. The van der Waals surface area contributed by atoms with Crippen molar-refractivity contribution in [3.05, 3.63) is 69.5 Å². The first-order chi connectivity index (χ1) is 15.0. The van der Waals surface area contributed by atoms with Crippen LogP contribution in [0.4, 0.5) is 5.69 Å². The average molecular weight is 436 g/mol. The number of para-hydroxylation sites is 1. The Hall–Kier alpha value is -3.45. The van der Waals surface area contributed by atoms with Crippen LogP contribution in [-0.2, 0) is 11.3 Å². The summed E-state index contributed by atoms with van der Waals surface area (Å²) in [6.45, 7) is 5.77. The number of carboxylic acids is 1. The van der Waals surface area contributed by atoms with Crippen molar-refractivity contribution in [2.24, 2.45) is 0 Å². The fraction of sp³-hybridized carbons (Fsp3) is 0.208. The molecule has 0 radical (unpaired) electrons. The number of benzene rings is 2. The van der Waals surface area contributed by atoms with E-state index in [1.807, 2.05) is 42.5 Å². The van der Waals surface area contributed by atoms with Crippen LogP contribution in [0.2, 0.25) is 0 Å². The number of rotatable bonds is 7. The molecule has 0 aliphatic rings. The highest BCUT2D eigenvalue weighted by atomic mass is 32.1. The predicted molar refractivity (Wildman–Crippen MR) is 125 cm³/mol. The standard InChI is InChI=1S/C24H22N2O4S/c1-3-25(4-2)18-11-9-16-13-17(24(29)30-20(16)14-18)10-12-22-26(15-23(27)28)19-7-5-6-8-21(19)31-22/h5-14H,3-4,15H2,1-2H3/p+1. The van der Waals surface area contributed by atoms with Crippen LogP contribution >= 0.6 is 11.3 Å². The molecular weight excluding hydrogens is 412 g/mol. The fourth-order valence-corrected chi connectivity index (χ4v) is 4.72. The van der Waals surface area contributed by atoms with E-state index in [9.17, 15) is 14.7 Å². The molecule has 6 nitrogen and oxygen atoms in total. The van der Waals surface area contributed by atoms with Crippen LogP contribution in [0, 0.1) is 0 Å². The van der Waals surface area contributed by atoms with E-state index in [2.05, 4.69) is 18.7 Å². The maximum absolute atomic E-state index is 12.6. The first-order valence-electron chi connectivity index (χ1n) is 10.1. The zero-order chi connectivity index (χ0) is 22.0. The normalized spacial score (nSPS) is 11.5. The van der Waals surface area contributed by atoms with Crippen LogP contribution < -0.4 is 15.1 Å². The Morgan fingerprint density at radius 2 is 1.90 bits per heavy atom. The smallest absolute Gasteiger partial charge is 0.370 e. The van der Waals surface area contributed by atoms with Gasteiger partial charge in [-0.25, -0.2) is 9.59 Å². The van der Waals surface area contributed by atoms with E-state index in [1.54, 1.807) is 22.8 Å². The Kier molecular flexibility index (Phi) is 5.86. The summed E-state index contributed by atoms with van der Waals surface area (Å²) in [5.74, 6) is -0.919. The fourth-order valence-electron chi connectivity index (χ4n) is 3.65. The molecule has 0 aliphatic carbocycles. The summed E-state index contributed by atoms with van der Waals surface area (Å²) < 4.78 is 8.30. The lowest BCUT2D eigenvalue weighted by Crippen LogP contribution is -2.39. The Labute approximate surface area is 183 Å². The second kappa shape index (κ2) is 8.73. The van der Waals surface area contributed by atoms with Gasteiger partial charge >= 0.3 is 11.6 Å². The van der Waals surface area contributed by atoms with Crippen LogP contribution in [0.3, 0.4) is 0 Å². The van der Waals surface area contributed by atoms with Crippen molar-refractivity contribution in [1.29, 1.82) is 0 Å². The van der Waals surface area contributed by atoms with Gasteiger partial charge in [-0.2, -0.15) is 4.57 Å². The molecule has 0 saturated carbocycles. The molecule has 4 aromatic rings. The highest BCUT2D eigenvalue weighted by Gasteiger charge is 2.21. The largest absolute Gasteiger partial charge is 0.477 e. The van der Waals surface area contributed by atoms with Crippen LogP contribution in [-0.4, -0.2) is 24.2 Å². The maximum Gasteiger partial charge on any atom is 0.370 e. The zero-order valence-electron chi connectivity index (χ0n) is 17.4. The van der Waals surface area contributed by atoms with Crippen LogP contribution in [0.15, 0.2) is 57.7 Å². The lowest BCUT2D eigenvalue weighted by Gasteiger charge is -2.20. The summed E-state index contributed by atoms with van der Waals surface area (Å²) in [4.78, 5) is 26.1. The number of hydrogen-bond donors (Lipinski definition) is 1. The predicted octanol–water partition coefficient (Wildman–Crippen LogP) is 4.40. The number of thiazole rings is 1. The molecule has 2 aromatic carbocycles. The monoisotopic (exact) mass is 435 g/mol. The van der Waals surface area contributed by atoms with E-state index in [4.69, 9.17) is 4.42 Å². The molecule has 0 bridgehead atoms. The summed E-state index contributed by atoms with van der Waals surface area (Å²) in [5, 5.41) is 10.9. The van der Waals surface area contributed by atoms with E-state index >= 15 is 0 Å². The number of aliphatic carboxylic acids is 1. The minimum atomic E-state index is -0.919. The number of aromatic nitrogens is 1. The summed E-state index contributed by atoms with van der Waals surface area (Å²) in [6, 6.07) is 15.3. The van der Waals surface area contributed by atoms with Crippen molar-refractivity contribution in [3.63, 3.8) is 0 Å². The van der Waals surface area contributed by atoms with Crippen molar-refractivity contribution in [2.45, 2.75) is 20.4 Å². The summed E-state index contributed by atoms with van der Waals surface area (Å²) in [6.07, 6.45) is 3.46. The third kappa shape index (κ3) is 4.22.